The van der Waals surface area contributed by atoms with Crippen LogP contribution in [0.4, 0.5) is 26.3 Å². The van der Waals surface area contributed by atoms with Crippen molar-refractivity contribution < 1.29 is 35.9 Å². The van der Waals surface area contributed by atoms with Crippen molar-refractivity contribution in [3.8, 4) is 0 Å². The van der Waals surface area contributed by atoms with E-state index in [-0.39, 0.29) is 6.04 Å². The third kappa shape index (κ3) is 5.66. The molecule has 0 aromatic rings. The molecule has 0 bridgehead atoms. The number of carbonyl (C=O) groups is 2. The van der Waals surface area contributed by atoms with Gasteiger partial charge in [0.15, 0.2) is 5.78 Å². The maximum atomic E-state index is 12.6. The molecular formula is C15H21F6NO2. The highest BCUT2D eigenvalue weighted by Gasteiger charge is 2.61. The Kier molecular flexibility index (Phi) is 6.32. The summed E-state index contributed by atoms with van der Waals surface area (Å²) in [5, 5.41) is 2.63. The Bertz CT molecular complexity index is 450. The highest BCUT2D eigenvalue weighted by Crippen LogP contribution is 2.42. The minimum absolute atomic E-state index is 0.151. The van der Waals surface area contributed by atoms with E-state index in [0.717, 1.165) is 19.3 Å². The maximum absolute atomic E-state index is 12.6. The average molecular weight is 361 g/mol. The van der Waals surface area contributed by atoms with Crippen molar-refractivity contribution >= 4 is 11.7 Å². The van der Waals surface area contributed by atoms with Gasteiger partial charge in [0, 0.05) is 12.5 Å². The van der Waals surface area contributed by atoms with E-state index in [0.29, 0.717) is 12.8 Å². The van der Waals surface area contributed by atoms with Gasteiger partial charge < -0.3 is 5.32 Å². The number of hydrogen-bond donors (Lipinski definition) is 1. The largest absolute Gasteiger partial charge is 0.407 e. The number of amides is 1. The average Bonchev–Trinajstić information content (AvgIpc) is 2.35. The number of nitrogens with one attached hydrogen (secondary N) is 1. The van der Waals surface area contributed by atoms with Crippen LogP contribution in [0, 0.1) is 11.3 Å². The van der Waals surface area contributed by atoms with Gasteiger partial charge in [0.25, 0.3) is 0 Å². The molecule has 0 spiro atoms. The topological polar surface area (TPSA) is 46.2 Å². The standard InChI is InChI=1S/C15H21F6NO2/c1-13(2,12(24)22-9-6-4-3-5-7-9)8-10(23)11(14(16,17)18)15(19,20)21/h9,11H,3-8H2,1-2H3,(H,22,24). The quantitative estimate of drug-likeness (QED) is 0.748. The summed E-state index contributed by atoms with van der Waals surface area (Å²) in [5.74, 6) is -6.81. The first-order chi connectivity index (χ1) is 10.7. The molecule has 1 fully saturated rings. The normalized spacial score (nSPS) is 17.9. The first kappa shape index (κ1) is 20.8. The van der Waals surface area contributed by atoms with Gasteiger partial charge in [0.1, 0.15) is 0 Å². The molecule has 0 radical (unpaired) electrons. The van der Waals surface area contributed by atoms with Crippen LogP contribution in [-0.4, -0.2) is 30.1 Å². The molecule has 1 amide bonds. The van der Waals surface area contributed by atoms with Crippen LogP contribution in [-0.2, 0) is 9.59 Å². The molecule has 0 atom stereocenters. The molecule has 24 heavy (non-hydrogen) atoms. The van der Waals surface area contributed by atoms with Crippen molar-refractivity contribution in [3.05, 3.63) is 0 Å². The Morgan fingerprint density at radius 2 is 1.42 bits per heavy atom. The first-order valence-electron chi connectivity index (χ1n) is 7.72. The van der Waals surface area contributed by atoms with Crippen molar-refractivity contribution in [1.29, 1.82) is 0 Å². The van der Waals surface area contributed by atoms with Gasteiger partial charge in [-0.1, -0.05) is 33.1 Å². The second-order valence-corrected chi connectivity index (χ2v) is 6.85. The lowest BCUT2D eigenvalue weighted by Crippen LogP contribution is -2.48. The van der Waals surface area contributed by atoms with E-state index in [1.165, 1.54) is 13.8 Å². The van der Waals surface area contributed by atoms with Gasteiger partial charge in [-0.2, -0.15) is 26.3 Å². The number of ketones is 1. The minimum Gasteiger partial charge on any atom is -0.353 e. The number of alkyl halides is 6. The third-order valence-electron chi connectivity index (χ3n) is 4.15. The summed E-state index contributed by atoms with van der Waals surface area (Å²) in [6.07, 6.45) is -8.35. The molecule has 0 unspecified atom stereocenters. The Morgan fingerprint density at radius 1 is 0.958 bits per heavy atom. The molecule has 9 heteroatoms. The molecule has 0 aromatic heterocycles. The Morgan fingerprint density at radius 3 is 1.83 bits per heavy atom. The van der Waals surface area contributed by atoms with Crippen LogP contribution in [0.5, 0.6) is 0 Å². The highest BCUT2D eigenvalue weighted by atomic mass is 19.4. The summed E-state index contributed by atoms with van der Waals surface area (Å²) in [6.45, 7) is 2.35. The molecule has 1 aliphatic rings. The molecule has 0 aromatic carbocycles. The zero-order chi connectivity index (χ0) is 18.8. The fourth-order valence-electron chi connectivity index (χ4n) is 2.80. The van der Waals surface area contributed by atoms with Crippen molar-refractivity contribution in [1.82, 2.24) is 5.32 Å². The lowest BCUT2D eigenvalue weighted by molar-refractivity contribution is -0.274. The van der Waals surface area contributed by atoms with Gasteiger partial charge in [-0.05, 0) is 12.8 Å². The van der Waals surface area contributed by atoms with Gasteiger partial charge in [0.05, 0.1) is 5.41 Å². The van der Waals surface area contributed by atoms with Gasteiger partial charge in [-0.15, -0.1) is 0 Å². The summed E-state index contributed by atoms with van der Waals surface area (Å²) in [7, 11) is 0. The molecule has 0 heterocycles. The lowest BCUT2D eigenvalue weighted by Gasteiger charge is -2.30. The second-order valence-electron chi connectivity index (χ2n) is 6.85. The number of rotatable bonds is 5. The lowest BCUT2D eigenvalue weighted by atomic mass is 9.82. The summed E-state index contributed by atoms with van der Waals surface area (Å²) >= 11 is 0. The van der Waals surface area contributed by atoms with Crippen LogP contribution in [0.15, 0.2) is 0 Å². The third-order valence-corrected chi connectivity index (χ3v) is 4.15. The van der Waals surface area contributed by atoms with Crippen LogP contribution in [0.2, 0.25) is 0 Å². The Labute approximate surface area is 136 Å². The fourth-order valence-corrected chi connectivity index (χ4v) is 2.80. The van der Waals surface area contributed by atoms with E-state index in [4.69, 9.17) is 0 Å². The fraction of sp³-hybridized carbons (Fsp3) is 0.867. The molecule has 0 saturated heterocycles. The summed E-state index contributed by atoms with van der Waals surface area (Å²) < 4.78 is 75.4. The highest BCUT2D eigenvalue weighted by molar-refractivity contribution is 5.91. The van der Waals surface area contributed by atoms with E-state index >= 15 is 0 Å². The van der Waals surface area contributed by atoms with Crippen LogP contribution < -0.4 is 5.32 Å². The zero-order valence-corrected chi connectivity index (χ0v) is 13.5. The monoisotopic (exact) mass is 361 g/mol. The smallest absolute Gasteiger partial charge is 0.353 e. The van der Waals surface area contributed by atoms with Gasteiger partial charge >= 0.3 is 12.4 Å². The number of Topliss-reactive ketones (excluding diaryl/α,β-unsaturated/α-hetero) is 1. The molecular weight excluding hydrogens is 340 g/mol. The van der Waals surface area contributed by atoms with E-state index in [9.17, 15) is 35.9 Å². The predicted molar refractivity (Wildman–Crippen MR) is 74.0 cm³/mol. The predicted octanol–water partition coefficient (Wildman–Crippen LogP) is 4.16. The van der Waals surface area contributed by atoms with E-state index < -0.39 is 41.8 Å². The minimum atomic E-state index is -5.73. The maximum Gasteiger partial charge on any atom is 0.407 e. The van der Waals surface area contributed by atoms with E-state index in [1.54, 1.807) is 0 Å². The van der Waals surface area contributed by atoms with Crippen LogP contribution in [0.1, 0.15) is 52.4 Å². The van der Waals surface area contributed by atoms with Gasteiger partial charge in [-0.3, -0.25) is 9.59 Å². The van der Waals surface area contributed by atoms with Crippen molar-refractivity contribution in [3.63, 3.8) is 0 Å². The number of hydrogen-bond acceptors (Lipinski definition) is 2. The molecule has 1 N–H and O–H groups in total. The number of halogens is 6. The van der Waals surface area contributed by atoms with Crippen molar-refractivity contribution in [2.24, 2.45) is 11.3 Å². The molecule has 1 aliphatic carbocycles. The van der Waals surface area contributed by atoms with Crippen LogP contribution in [0.3, 0.4) is 0 Å². The summed E-state index contributed by atoms with van der Waals surface area (Å²) in [5.41, 5.74) is -1.65. The van der Waals surface area contributed by atoms with E-state index in [1.807, 2.05) is 0 Å². The molecule has 0 aliphatic heterocycles. The van der Waals surface area contributed by atoms with Gasteiger partial charge in [-0.25, -0.2) is 0 Å². The van der Waals surface area contributed by atoms with E-state index in [2.05, 4.69) is 5.32 Å². The summed E-state index contributed by atoms with van der Waals surface area (Å²) in [4.78, 5) is 23.8. The molecule has 1 saturated carbocycles. The number of carbonyl (C=O) groups excluding carboxylic acids is 2. The van der Waals surface area contributed by atoms with Crippen LogP contribution >= 0.6 is 0 Å². The Hall–Kier alpha value is -1.28. The van der Waals surface area contributed by atoms with Crippen molar-refractivity contribution in [2.45, 2.75) is 70.8 Å². The van der Waals surface area contributed by atoms with Crippen LogP contribution in [0.25, 0.3) is 0 Å². The van der Waals surface area contributed by atoms with Crippen molar-refractivity contribution in [2.75, 3.05) is 0 Å². The molecule has 1 rings (SSSR count). The second kappa shape index (κ2) is 7.31. The Balaban J connectivity index is 2.79. The summed E-state index contributed by atoms with van der Waals surface area (Å²) in [6, 6.07) is -0.151. The molecule has 140 valence electrons. The zero-order valence-electron chi connectivity index (χ0n) is 13.5. The SMILES string of the molecule is CC(C)(CC(=O)C(C(F)(F)F)C(F)(F)F)C(=O)NC1CCCCC1. The first-order valence-corrected chi connectivity index (χ1v) is 7.72. The van der Waals surface area contributed by atoms with Gasteiger partial charge in [0.2, 0.25) is 11.8 Å². The molecule has 3 nitrogen and oxygen atoms in total.